The van der Waals surface area contributed by atoms with E-state index < -0.39 is 0 Å². The van der Waals surface area contributed by atoms with Gasteiger partial charge in [0.2, 0.25) is 0 Å². The van der Waals surface area contributed by atoms with E-state index in [9.17, 15) is 0 Å². The largest absolute Gasteiger partial charge is 0.378 e. The molecule has 2 atom stereocenters. The van der Waals surface area contributed by atoms with E-state index in [0.29, 0.717) is 6.10 Å². The van der Waals surface area contributed by atoms with E-state index in [1.165, 1.54) is 23.3 Å². The van der Waals surface area contributed by atoms with Crippen LogP contribution >= 0.6 is 11.8 Å². The first kappa shape index (κ1) is 14.9. The lowest BCUT2D eigenvalue weighted by molar-refractivity contribution is 0.101. The van der Waals surface area contributed by atoms with Crippen LogP contribution in [-0.2, 0) is 4.74 Å². The van der Waals surface area contributed by atoms with Crippen LogP contribution in [0.2, 0.25) is 0 Å². The Balaban J connectivity index is 1.73. The average molecular weight is 279 g/mol. The van der Waals surface area contributed by atoms with Gasteiger partial charge < -0.3 is 10.5 Å². The van der Waals surface area contributed by atoms with E-state index in [0.717, 1.165) is 31.6 Å². The van der Waals surface area contributed by atoms with Gasteiger partial charge in [-0.25, -0.2) is 0 Å². The third-order valence-corrected chi connectivity index (χ3v) is 4.58. The molecule has 1 aromatic rings. The number of ether oxygens (including phenoxy) is 1. The van der Waals surface area contributed by atoms with Crippen molar-refractivity contribution in [2.24, 2.45) is 5.73 Å². The maximum atomic E-state index is 6.26. The third-order valence-electron chi connectivity index (χ3n) is 3.68. The van der Waals surface area contributed by atoms with Crippen molar-refractivity contribution in [3.05, 3.63) is 29.8 Å². The van der Waals surface area contributed by atoms with E-state index in [4.69, 9.17) is 10.5 Å². The number of benzene rings is 1. The molecular formula is C16H25NOS. The van der Waals surface area contributed by atoms with Crippen LogP contribution in [0.5, 0.6) is 0 Å². The fourth-order valence-corrected chi connectivity index (χ4v) is 3.24. The monoisotopic (exact) mass is 279 g/mol. The highest BCUT2D eigenvalue weighted by molar-refractivity contribution is 7.99. The molecule has 0 radical (unpaired) electrons. The van der Waals surface area contributed by atoms with Crippen LogP contribution < -0.4 is 5.73 Å². The molecule has 0 saturated carbocycles. The zero-order chi connectivity index (χ0) is 13.5. The van der Waals surface area contributed by atoms with Gasteiger partial charge in [0.25, 0.3) is 0 Å². The lowest BCUT2D eigenvalue weighted by Crippen LogP contribution is -2.12. The lowest BCUT2D eigenvalue weighted by atomic mass is 10.00. The van der Waals surface area contributed by atoms with Gasteiger partial charge in [-0.05, 0) is 55.6 Å². The summed E-state index contributed by atoms with van der Waals surface area (Å²) in [5.74, 6) is 1.12. The van der Waals surface area contributed by atoms with Crippen LogP contribution in [0.3, 0.4) is 0 Å². The van der Waals surface area contributed by atoms with Crippen LogP contribution in [0, 0.1) is 0 Å². The molecule has 2 rings (SSSR count). The maximum Gasteiger partial charge on any atom is 0.0576 e. The van der Waals surface area contributed by atoms with Crippen molar-refractivity contribution in [3.8, 4) is 0 Å². The third kappa shape index (κ3) is 4.83. The minimum absolute atomic E-state index is 0.169. The molecule has 0 aliphatic carbocycles. The summed E-state index contributed by atoms with van der Waals surface area (Å²) in [4.78, 5) is 1.33. The van der Waals surface area contributed by atoms with Crippen molar-refractivity contribution >= 4 is 11.8 Å². The fraction of sp³-hybridized carbons (Fsp3) is 0.625. The summed E-state index contributed by atoms with van der Waals surface area (Å²) in [6.45, 7) is 3.13. The number of nitrogens with two attached hydrogens (primary N) is 1. The summed E-state index contributed by atoms with van der Waals surface area (Å²) in [5.41, 5.74) is 7.51. The number of rotatable bonds is 7. The zero-order valence-corrected chi connectivity index (χ0v) is 12.6. The molecule has 0 bridgehead atoms. The van der Waals surface area contributed by atoms with Crippen LogP contribution in [0.25, 0.3) is 0 Å². The highest BCUT2D eigenvalue weighted by atomic mass is 32.2. The highest BCUT2D eigenvalue weighted by Gasteiger charge is 2.15. The van der Waals surface area contributed by atoms with Crippen molar-refractivity contribution in [2.45, 2.75) is 56.1 Å². The number of hydrogen-bond acceptors (Lipinski definition) is 3. The Hall–Kier alpha value is -0.510. The molecule has 19 heavy (non-hydrogen) atoms. The van der Waals surface area contributed by atoms with Gasteiger partial charge in [0.15, 0.2) is 0 Å². The number of thioether (sulfide) groups is 1. The SMILES string of the molecule is CCSc1ccc(C(N)CCCC2CCCO2)cc1. The second-order valence-corrected chi connectivity index (χ2v) is 6.51. The van der Waals surface area contributed by atoms with Gasteiger partial charge in [0.1, 0.15) is 0 Å². The van der Waals surface area contributed by atoms with Crippen LogP contribution in [0.4, 0.5) is 0 Å². The van der Waals surface area contributed by atoms with Crippen molar-refractivity contribution in [1.29, 1.82) is 0 Å². The van der Waals surface area contributed by atoms with Gasteiger partial charge in [-0.1, -0.05) is 19.1 Å². The molecule has 0 spiro atoms. The Kier molecular flexibility index (Phi) is 6.21. The van der Waals surface area contributed by atoms with Gasteiger partial charge in [0.05, 0.1) is 6.10 Å². The standard InChI is InChI=1S/C16H25NOS/c1-2-19-15-10-8-13(9-11-15)16(17)7-3-5-14-6-4-12-18-14/h8-11,14,16H,2-7,12,17H2,1H3. The normalized spacial score (nSPS) is 20.6. The Morgan fingerprint density at radius 1 is 1.37 bits per heavy atom. The Bertz CT molecular complexity index is 360. The predicted octanol–water partition coefficient (Wildman–Crippen LogP) is 4.15. The summed E-state index contributed by atoms with van der Waals surface area (Å²) < 4.78 is 5.64. The van der Waals surface area contributed by atoms with E-state index in [1.54, 1.807) is 0 Å². The van der Waals surface area contributed by atoms with Crippen molar-refractivity contribution < 1.29 is 4.74 Å². The fourth-order valence-electron chi connectivity index (χ4n) is 2.58. The van der Waals surface area contributed by atoms with E-state index >= 15 is 0 Å². The highest BCUT2D eigenvalue weighted by Crippen LogP contribution is 2.24. The molecule has 1 saturated heterocycles. The molecule has 0 amide bonds. The van der Waals surface area contributed by atoms with Crippen LogP contribution in [-0.4, -0.2) is 18.5 Å². The topological polar surface area (TPSA) is 35.2 Å². The molecule has 2 N–H and O–H groups in total. The van der Waals surface area contributed by atoms with Gasteiger partial charge in [-0.2, -0.15) is 0 Å². The molecule has 1 fully saturated rings. The predicted molar refractivity (Wildman–Crippen MR) is 82.6 cm³/mol. The second kappa shape index (κ2) is 7.93. The minimum Gasteiger partial charge on any atom is -0.378 e. The van der Waals surface area contributed by atoms with Gasteiger partial charge >= 0.3 is 0 Å². The first-order chi connectivity index (χ1) is 9.29. The number of hydrogen-bond donors (Lipinski definition) is 1. The summed E-state index contributed by atoms with van der Waals surface area (Å²) >= 11 is 1.87. The molecule has 3 heteroatoms. The summed E-state index contributed by atoms with van der Waals surface area (Å²) in [7, 11) is 0. The van der Waals surface area contributed by atoms with Gasteiger partial charge in [-0.15, -0.1) is 11.8 Å². The lowest BCUT2D eigenvalue weighted by Gasteiger charge is -2.14. The van der Waals surface area contributed by atoms with Crippen LogP contribution in [0.15, 0.2) is 29.2 Å². The Morgan fingerprint density at radius 3 is 2.79 bits per heavy atom. The molecule has 2 unspecified atom stereocenters. The molecule has 0 aromatic heterocycles. The molecule has 2 nitrogen and oxygen atoms in total. The van der Waals surface area contributed by atoms with E-state index in [-0.39, 0.29) is 6.04 Å². The second-order valence-electron chi connectivity index (χ2n) is 5.17. The van der Waals surface area contributed by atoms with E-state index in [2.05, 4.69) is 31.2 Å². The Morgan fingerprint density at radius 2 is 2.16 bits per heavy atom. The molecule has 106 valence electrons. The summed E-state index contributed by atoms with van der Waals surface area (Å²) in [6.07, 6.45) is 6.34. The molecule has 1 aromatic carbocycles. The van der Waals surface area contributed by atoms with Gasteiger partial charge in [0, 0.05) is 17.5 Å². The zero-order valence-electron chi connectivity index (χ0n) is 11.8. The van der Waals surface area contributed by atoms with Crippen molar-refractivity contribution in [2.75, 3.05) is 12.4 Å². The Labute approximate surface area is 121 Å². The van der Waals surface area contributed by atoms with Crippen molar-refractivity contribution in [3.63, 3.8) is 0 Å². The van der Waals surface area contributed by atoms with Crippen molar-refractivity contribution in [1.82, 2.24) is 0 Å². The summed E-state index contributed by atoms with van der Waals surface area (Å²) in [6, 6.07) is 8.89. The molecule has 1 aliphatic heterocycles. The smallest absolute Gasteiger partial charge is 0.0576 e. The maximum absolute atomic E-state index is 6.26. The average Bonchev–Trinajstić information content (AvgIpc) is 2.93. The van der Waals surface area contributed by atoms with E-state index in [1.807, 2.05) is 11.8 Å². The van der Waals surface area contributed by atoms with Crippen LogP contribution in [0.1, 0.15) is 50.6 Å². The first-order valence-electron chi connectivity index (χ1n) is 7.39. The molecular weight excluding hydrogens is 254 g/mol. The summed E-state index contributed by atoms with van der Waals surface area (Å²) in [5, 5.41) is 0. The minimum atomic E-state index is 0.169. The first-order valence-corrected chi connectivity index (χ1v) is 8.38. The van der Waals surface area contributed by atoms with Gasteiger partial charge in [-0.3, -0.25) is 0 Å². The molecule has 1 aliphatic rings. The molecule has 1 heterocycles. The quantitative estimate of drug-likeness (QED) is 0.762.